The van der Waals surface area contributed by atoms with Gasteiger partial charge in [0.1, 0.15) is 11.9 Å². The molecule has 1 aliphatic rings. The maximum atomic E-state index is 6.27. The predicted molar refractivity (Wildman–Crippen MR) is 88.7 cm³/mol. The van der Waals surface area contributed by atoms with E-state index < -0.39 is 0 Å². The minimum Gasteiger partial charge on any atom is -0.489 e. The number of fused-ring (bicyclic) bond motifs is 1. The first-order valence-electron chi connectivity index (χ1n) is 8.21. The number of ether oxygens (including phenoxy) is 1. The number of benzene rings is 1. The minimum absolute atomic E-state index is 0.283. The van der Waals surface area contributed by atoms with Crippen LogP contribution in [-0.2, 0) is 13.1 Å². The number of aromatic nitrogens is 1. The topological polar surface area (TPSA) is 25.4 Å². The van der Waals surface area contributed by atoms with Crippen molar-refractivity contribution in [2.24, 2.45) is 0 Å². The molecule has 0 saturated carbocycles. The van der Waals surface area contributed by atoms with E-state index in [0.29, 0.717) is 0 Å². The van der Waals surface area contributed by atoms with Gasteiger partial charge in [-0.25, -0.2) is 0 Å². The highest BCUT2D eigenvalue weighted by Crippen LogP contribution is 2.27. The normalized spacial score (nSPS) is 18.3. The van der Waals surface area contributed by atoms with Gasteiger partial charge < -0.3 is 4.74 Å². The fourth-order valence-electron chi connectivity index (χ4n) is 3.01. The number of pyridine rings is 1. The second kappa shape index (κ2) is 7.41. The maximum absolute atomic E-state index is 6.27. The van der Waals surface area contributed by atoms with Crippen molar-refractivity contribution < 1.29 is 4.74 Å². The van der Waals surface area contributed by atoms with Crippen LogP contribution in [0.2, 0.25) is 0 Å². The average molecular weight is 296 g/mol. The Kier molecular flexibility index (Phi) is 5.07. The van der Waals surface area contributed by atoms with E-state index >= 15 is 0 Å². The number of hydrogen-bond acceptors (Lipinski definition) is 3. The molecular weight excluding hydrogens is 272 g/mol. The van der Waals surface area contributed by atoms with Crippen molar-refractivity contribution in [3.63, 3.8) is 0 Å². The Balaban J connectivity index is 1.77. The molecule has 3 nitrogen and oxygen atoms in total. The fourth-order valence-corrected chi connectivity index (χ4v) is 3.01. The van der Waals surface area contributed by atoms with Crippen LogP contribution in [0.1, 0.15) is 37.3 Å². The van der Waals surface area contributed by atoms with Crippen molar-refractivity contribution in [1.82, 2.24) is 9.88 Å². The predicted octanol–water partition coefficient (Wildman–Crippen LogP) is 4.04. The highest BCUT2D eigenvalue weighted by molar-refractivity contribution is 5.34. The van der Waals surface area contributed by atoms with E-state index in [2.05, 4.69) is 53.2 Å². The second-order valence-electron chi connectivity index (χ2n) is 6.01. The van der Waals surface area contributed by atoms with Crippen molar-refractivity contribution in [3.05, 3.63) is 59.9 Å². The molecule has 0 radical (unpaired) electrons. The molecule has 0 unspecified atom stereocenters. The molecule has 3 rings (SSSR count). The highest BCUT2D eigenvalue weighted by atomic mass is 16.5. The van der Waals surface area contributed by atoms with Gasteiger partial charge in [-0.15, -0.1) is 0 Å². The first kappa shape index (κ1) is 15.0. The first-order valence-corrected chi connectivity index (χ1v) is 8.21. The molecule has 0 bridgehead atoms. The van der Waals surface area contributed by atoms with Crippen LogP contribution < -0.4 is 4.74 Å². The van der Waals surface area contributed by atoms with Crippen LogP contribution in [-0.4, -0.2) is 22.5 Å². The molecule has 116 valence electrons. The molecule has 1 atom stereocenters. The van der Waals surface area contributed by atoms with E-state index in [-0.39, 0.29) is 6.10 Å². The Morgan fingerprint density at radius 3 is 2.82 bits per heavy atom. The summed E-state index contributed by atoms with van der Waals surface area (Å²) in [4.78, 5) is 6.59. The van der Waals surface area contributed by atoms with Crippen molar-refractivity contribution in [1.29, 1.82) is 0 Å². The number of nitrogens with zero attached hydrogens (tertiary/aromatic N) is 2. The second-order valence-corrected chi connectivity index (χ2v) is 6.01. The van der Waals surface area contributed by atoms with Gasteiger partial charge in [0.25, 0.3) is 0 Å². The van der Waals surface area contributed by atoms with E-state index in [0.717, 1.165) is 31.8 Å². The lowest BCUT2D eigenvalue weighted by molar-refractivity contribution is 0.133. The van der Waals surface area contributed by atoms with Crippen LogP contribution in [0, 0.1) is 0 Å². The molecule has 3 heteroatoms. The highest BCUT2D eigenvalue weighted by Gasteiger charge is 2.22. The van der Waals surface area contributed by atoms with E-state index in [4.69, 9.17) is 4.74 Å². The summed E-state index contributed by atoms with van der Waals surface area (Å²) in [6.07, 6.45) is 7.57. The summed E-state index contributed by atoms with van der Waals surface area (Å²) < 4.78 is 6.27. The van der Waals surface area contributed by atoms with Crippen LogP contribution in [0.4, 0.5) is 0 Å². The van der Waals surface area contributed by atoms with Crippen molar-refractivity contribution in [2.75, 3.05) is 6.54 Å². The Morgan fingerprint density at radius 2 is 2.00 bits per heavy atom. The lowest BCUT2D eigenvalue weighted by atomic mass is 10.1. The van der Waals surface area contributed by atoms with Crippen LogP contribution in [0.15, 0.2) is 48.8 Å². The van der Waals surface area contributed by atoms with Crippen molar-refractivity contribution in [2.45, 2.75) is 45.4 Å². The minimum atomic E-state index is 0.283. The average Bonchev–Trinajstić information content (AvgIpc) is 2.72. The van der Waals surface area contributed by atoms with Crippen LogP contribution in [0.25, 0.3) is 0 Å². The molecule has 1 aliphatic heterocycles. The zero-order valence-electron chi connectivity index (χ0n) is 13.2. The Bertz CT molecular complexity index is 585. The van der Waals surface area contributed by atoms with Gasteiger partial charge in [-0.05, 0) is 36.6 Å². The molecular formula is C19H24N2O. The maximum Gasteiger partial charge on any atom is 0.124 e. The number of para-hydroxylation sites is 1. The molecule has 0 saturated heterocycles. The van der Waals surface area contributed by atoms with Gasteiger partial charge >= 0.3 is 0 Å². The molecule has 0 N–H and O–H groups in total. The summed E-state index contributed by atoms with van der Waals surface area (Å²) in [7, 11) is 0. The van der Waals surface area contributed by atoms with Gasteiger partial charge in [-0.2, -0.15) is 0 Å². The number of hydrogen-bond donors (Lipinski definition) is 0. The quantitative estimate of drug-likeness (QED) is 0.833. The van der Waals surface area contributed by atoms with Crippen molar-refractivity contribution >= 4 is 0 Å². The summed E-state index contributed by atoms with van der Waals surface area (Å²) in [6.45, 7) is 5.11. The summed E-state index contributed by atoms with van der Waals surface area (Å²) in [5.74, 6) is 1.06. The molecule has 0 fully saturated rings. The summed E-state index contributed by atoms with van der Waals surface area (Å²) in [5, 5.41) is 0. The van der Waals surface area contributed by atoms with Gasteiger partial charge in [0.2, 0.25) is 0 Å². The lowest BCUT2D eigenvalue weighted by Crippen LogP contribution is -2.32. The van der Waals surface area contributed by atoms with Gasteiger partial charge in [-0.1, -0.05) is 31.5 Å². The van der Waals surface area contributed by atoms with Crippen LogP contribution >= 0.6 is 0 Å². The number of rotatable bonds is 5. The largest absolute Gasteiger partial charge is 0.489 e. The van der Waals surface area contributed by atoms with Gasteiger partial charge in [0, 0.05) is 37.6 Å². The molecule has 0 amide bonds. The Labute approximate surface area is 132 Å². The van der Waals surface area contributed by atoms with Gasteiger partial charge in [0.15, 0.2) is 0 Å². The summed E-state index contributed by atoms with van der Waals surface area (Å²) in [6, 6.07) is 12.6. The van der Waals surface area contributed by atoms with E-state index in [1.165, 1.54) is 24.0 Å². The third-order valence-corrected chi connectivity index (χ3v) is 4.16. The zero-order chi connectivity index (χ0) is 15.2. The lowest BCUT2D eigenvalue weighted by Gasteiger charge is -2.24. The summed E-state index contributed by atoms with van der Waals surface area (Å²) >= 11 is 0. The molecule has 22 heavy (non-hydrogen) atoms. The fraction of sp³-hybridized carbons (Fsp3) is 0.421. The third kappa shape index (κ3) is 3.86. The zero-order valence-corrected chi connectivity index (χ0v) is 13.2. The number of unbranched alkanes of at least 4 members (excludes halogenated alkanes) is 1. The Hall–Kier alpha value is -1.87. The molecule has 0 aliphatic carbocycles. The SMILES string of the molecule is CCCC[C@@H]1CN(Cc2ccncc2)Cc2ccccc2O1. The molecule has 1 aromatic heterocycles. The van der Waals surface area contributed by atoms with Gasteiger partial charge in [-0.3, -0.25) is 9.88 Å². The van der Waals surface area contributed by atoms with Crippen LogP contribution in [0.5, 0.6) is 5.75 Å². The van der Waals surface area contributed by atoms with Crippen LogP contribution in [0.3, 0.4) is 0 Å². The summed E-state index contributed by atoms with van der Waals surface area (Å²) in [5.41, 5.74) is 2.60. The Morgan fingerprint density at radius 1 is 1.18 bits per heavy atom. The molecule has 1 aromatic carbocycles. The molecule has 2 heterocycles. The van der Waals surface area contributed by atoms with Crippen molar-refractivity contribution in [3.8, 4) is 5.75 Å². The molecule has 0 spiro atoms. The standard InChI is InChI=1S/C19H24N2O/c1-2-3-7-18-15-21(13-16-9-11-20-12-10-16)14-17-6-4-5-8-19(17)22-18/h4-6,8-12,18H,2-3,7,13-15H2,1H3/t18-/m1/s1. The first-order chi connectivity index (χ1) is 10.8. The monoisotopic (exact) mass is 296 g/mol. The van der Waals surface area contributed by atoms with E-state index in [1.54, 1.807) is 0 Å². The third-order valence-electron chi connectivity index (χ3n) is 4.16. The van der Waals surface area contributed by atoms with Gasteiger partial charge in [0.05, 0.1) is 0 Å². The molecule has 2 aromatic rings. The van der Waals surface area contributed by atoms with E-state index in [9.17, 15) is 0 Å². The smallest absolute Gasteiger partial charge is 0.124 e. The van der Waals surface area contributed by atoms with E-state index in [1.807, 2.05) is 12.4 Å².